The van der Waals surface area contributed by atoms with Gasteiger partial charge in [-0.2, -0.15) is 5.10 Å². The van der Waals surface area contributed by atoms with Crippen molar-refractivity contribution < 1.29 is 4.79 Å². The highest BCUT2D eigenvalue weighted by molar-refractivity contribution is 5.98. The van der Waals surface area contributed by atoms with Gasteiger partial charge < -0.3 is 11.1 Å². The number of pyridine rings is 1. The Kier molecular flexibility index (Phi) is 4.02. The molecule has 6 heteroatoms. The summed E-state index contributed by atoms with van der Waals surface area (Å²) in [5, 5.41) is 7.17. The number of hydrogen-bond donors (Lipinski definition) is 2. The number of hydrogen-bond acceptors (Lipinski definition) is 4. The average Bonchev–Trinajstić information content (AvgIpc) is 2.75. The number of amides is 1. The third kappa shape index (κ3) is 2.64. The zero-order valence-electron chi connectivity index (χ0n) is 11.9. The van der Waals surface area contributed by atoms with E-state index in [4.69, 9.17) is 5.73 Å². The zero-order valence-corrected chi connectivity index (χ0v) is 11.9. The molecule has 1 amide bonds. The van der Waals surface area contributed by atoms with Crippen molar-refractivity contribution in [1.29, 1.82) is 0 Å². The van der Waals surface area contributed by atoms with E-state index in [2.05, 4.69) is 15.4 Å². The lowest BCUT2D eigenvalue weighted by molar-refractivity contribution is 0.0930. The molecule has 0 fully saturated rings. The Balaban J connectivity index is 2.21. The monoisotopic (exact) mass is 273 g/mol. The van der Waals surface area contributed by atoms with Gasteiger partial charge in [-0.25, -0.2) is 0 Å². The molecule has 2 rings (SSSR count). The average molecular weight is 273 g/mol. The highest BCUT2D eigenvalue weighted by Gasteiger charge is 2.20. The van der Waals surface area contributed by atoms with Crippen molar-refractivity contribution in [3.8, 4) is 0 Å². The Hall–Kier alpha value is -2.37. The highest BCUT2D eigenvalue weighted by Crippen LogP contribution is 2.18. The van der Waals surface area contributed by atoms with Crippen LogP contribution >= 0.6 is 0 Å². The Morgan fingerprint density at radius 1 is 1.55 bits per heavy atom. The van der Waals surface area contributed by atoms with Crippen LogP contribution in [0, 0.1) is 6.92 Å². The maximum atomic E-state index is 12.4. The molecule has 106 valence electrons. The lowest BCUT2D eigenvalue weighted by atomic mass is 10.1. The molecule has 6 nitrogen and oxygen atoms in total. The summed E-state index contributed by atoms with van der Waals surface area (Å²) in [7, 11) is 0. The van der Waals surface area contributed by atoms with Gasteiger partial charge in [-0.15, -0.1) is 0 Å². The summed E-state index contributed by atoms with van der Waals surface area (Å²) in [6.07, 6.45) is 3.43. The lowest BCUT2D eigenvalue weighted by Gasteiger charge is -2.14. The molecule has 0 aliphatic carbocycles. The van der Waals surface area contributed by atoms with Crippen LogP contribution in [0.4, 0.5) is 5.69 Å². The molecule has 0 aromatic carbocycles. The number of anilines is 1. The van der Waals surface area contributed by atoms with E-state index in [-0.39, 0.29) is 11.9 Å². The van der Waals surface area contributed by atoms with Gasteiger partial charge in [0, 0.05) is 18.9 Å². The van der Waals surface area contributed by atoms with Crippen LogP contribution in [0.25, 0.3) is 0 Å². The van der Waals surface area contributed by atoms with Crippen molar-refractivity contribution in [3.05, 3.63) is 41.5 Å². The van der Waals surface area contributed by atoms with Gasteiger partial charge in [0.05, 0.1) is 17.4 Å². The van der Waals surface area contributed by atoms with Crippen LogP contribution in [-0.4, -0.2) is 20.7 Å². The normalized spacial score (nSPS) is 12.2. The molecule has 1 unspecified atom stereocenters. The van der Waals surface area contributed by atoms with Gasteiger partial charge in [0.1, 0.15) is 5.69 Å². The molecular formula is C14H19N5O. The quantitative estimate of drug-likeness (QED) is 0.887. The van der Waals surface area contributed by atoms with Gasteiger partial charge in [0.2, 0.25) is 0 Å². The first-order valence-electron chi connectivity index (χ1n) is 6.58. The summed E-state index contributed by atoms with van der Waals surface area (Å²) in [6.45, 7) is 6.22. The number of nitrogens with two attached hydrogens (primary N) is 1. The second-order valence-electron chi connectivity index (χ2n) is 4.64. The topological polar surface area (TPSA) is 85.8 Å². The van der Waals surface area contributed by atoms with E-state index >= 15 is 0 Å². The number of nitrogen functional groups attached to an aromatic ring is 1. The molecule has 20 heavy (non-hydrogen) atoms. The predicted molar refractivity (Wildman–Crippen MR) is 77.2 cm³/mol. The van der Waals surface area contributed by atoms with Gasteiger partial charge in [0.15, 0.2) is 0 Å². The third-order valence-corrected chi connectivity index (χ3v) is 3.22. The second-order valence-corrected chi connectivity index (χ2v) is 4.64. The first-order chi connectivity index (χ1) is 9.54. The van der Waals surface area contributed by atoms with Crippen molar-refractivity contribution in [2.24, 2.45) is 0 Å². The van der Waals surface area contributed by atoms with E-state index in [1.54, 1.807) is 24.0 Å². The van der Waals surface area contributed by atoms with E-state index < -0.39 is 0 Å². The van der Waals surface area contributed by atoms with Crippen molar-refractivity contribution in [2.75, 3.05) is 5.73 Å². The van der Waals surface area contributed by atoms with Crippen LogP contribution in [0.3, 0.4) is 0 Å². The summed E-state index contributed by atoms with van der Waals surface area (Å²) in [5.74, 6) is -0.221. The van der Waals surface area contributed by atoms with Crippen LogP contribution in [0.5, 0.6) is 0 Å². The Morgan fingerprint density at radius 3 is 2.90 bits per heavy atom. The molecule has 3 N–H and O–H groups in total. The van der Waals surface area contributed by atoms with Crippen molar-refractivity contribution in [2.45, 2.75) is 33.4 Å². The lowest BCUT2D eigenvalue weighted by Crippen LogP contribution is -2.29. The minimum absolute atomic E-state index is 0.142. The van der Waals surface area contributed by atoms with Crippen molar-refractivity contribution >= 4 is 11.6 Å². The third-order valence-electron chi connectivity index (χ3n) is 3.22. The van der Waals surface area contributed by atoms with Crippen molar-refractivity contribution in [3.63, 3.8) is 0 Å². The largest absolute Gasteiger partial charge is 0.395 e. The van der Waals surface area contributed by atoms with Crippen LogP contribution in [0.15, 0.2) is 24.5 Å². The van der Waals surface area contributed by atoms with Gasteiger partial charge >= 0.3 is 0 Å². The maximum absolute atomic E-state index is 12.4. The molecule has 0 saturated carbocycles. The van der Waals surface area contributed by atoms with Crippen LogP contribution < -0.4 is 11.1 Å². The summed E-state index contributed by atoms with van der Waals surface area (Å²) < 4.78 is 1.62. The molecule has 0 aliphatic heterocycles. The summed E-state index contributed by atoms with van der Waals surface area (Å²) in [4.78, 5) is 16.4. The molecule has 2 aromatic rings. The summed E-state index contributed by atoms with van der Waals surface area (Å²) in [5.41, 5.74) is 8.40. The minimum atomic E-state index is -0.221. The van der Waals surface area contributed by atoms with Crippen molar-refractivity contribution in [1.82, 2.24) is 20.1 Å². The van der Waals surface area contributed by atoms with E-state index in [1.807, 2.05) is 26.0 Å². The molecule has 1 atom stereocenters. The van der Waals surface area contributed by atoms with Gasteiger partial charge in [0.25, 0.3) is 5.91 Å². The van der Waals surface area contributed by atoms with Crippen LogP contribution in [0.2, 0.25) is 0 Å². The minimum Gasteiger partial charge on any atom is -0.395 e. The number of carbonyl (C=O) groups is 1. The predicted octanol–water partition coefficient (Wildman–Crippen LogP) is 1.68. The highest BCUT2D eigenvalue weighted by atomic mass is 16.2. The fourth-order valence-corrected chi connectivity index (χ4v) is 2.04. The first kappa shape index (κ1) is 14.0. The van der Waals surface area contributed by atoms with E-state index in [1.165, 1.54) is 0 Å². The number of carbonyl (C=O) groups excluding carboxylic acids is 1. The molecule has 0 spiro atoms. The number of nitrogens with zero attached hydrogens (tertiary/aromatic N) is 3. The van der Waals surface area contributed by atoms with Gasteiger partial charge in [-0.1, -0.05) is 6.07 Å². The number of rotatable bonds is 4. The van der Waals surface area contributed by atoms with Gasteiger partial charge in [-0.3, -0.25) is 14.5 Å². The molecule has 2 heterocycles. The summed E-state index contributed by atoms with van der Waals surface area (Å²) >= 11 is 0. The molecule has 0 radical (unpaired) electrons. The zero-order chi connectivity index (χ0) is 14.7. The van der Waals surface area contributed by atoms with Crippen LogP contribution in [0.1, 0.15) is 41.6 Å². The smallest absolute Gasteiger partial charge is 0.272 e. The number of aryl methyl sites for hydroxylation is 2. The fourth-order valence-electron chi connectivity index (χ4n) is 2.04. The first-order valence-corrected chi connectivity index (χ1v) is 6.58. The Labute approximate surface area is 118 Å². The summed E-state index contributed by atoms with van der Waals surface area (Å²) in [6, 6.07) is 3.62. The Morgan fingerprint density at radius 2 is 2.30 bits per heavy atom. The van der Waals surface area contributed by atoms with E-state index in [0.717, 1.165) is 5.56 Å². The Bertz CT molecular complexity index is 606. The molecule has 0 aliphatic rings. The second kappa shape index (κ2) is 5.73. The number of aromatic nitrogens is 3. The van der Waals surface area contributed by atoms with E-state index in [9.17, 15) is 4.79 Å². The number of nitrogens with one attached hydrogen (secondary N) is 1. The van der Waals surface area contributed by atoms with Gasteiger partial charge in [-0.05, 0) is 32.4 Å². The van der Waals surface area contributed by atoms with Crippen LogP contribution in [-0.2, 0) is 6.54 Å². The fraction of sp³-hybridized carbons (Fsp3) is 0.357. The van der Waals surface area contributed by atoms with E-state index in [0.29, 0.717) is 23.6 Å². The SMILES string of the molecule is CCn1nc(C)c(N)c1C(=O)NC(C)c1cccnc1. The molecule has 0 bridgehead atoms. The molecular weight excluding hydrogens is 254 g/mol. The molecule has 0 saturated heterocycles. The molecule has 2 aromatic heterocycles. The maximum Gasteiger partial charge on any atom is 0.272 e. The standard InChI is InChI=1S/C14H19N5O/c1-4-19-13(12(15)10(3)18-19)14(20)17-9(2)11-6-5-7-16-8-11/h5-9H,4,15H2,1-3H3,(H,17,20).